The normalized spacial score (nSPS) is 47.8. The van der Waals surface area contributed by atoms with Crippen molar-refractivity contribution in [2.75, 3.05) is 13.2 Å². The van der Waals surface area contributed by atoms with Gasteiger partial charge in [0.25, 0.3) is 0 Å². The highest BCUT2D eigenvalue weighted by molar-refractivity contribution is 4.98. The summed E-state index contributed by atoms with van der Waals surface area (Å²) in [6.07, 6.45) is -13.3. The molecule has 7 N–H and O–H groups in total. The summed E-state index contributed by atoms with van der Waals surface area (Å²) in [5.74, 6) is 0. The van der Waals surface area contributed by atoms with Crippen LogP contribution in [0.25, 0.3) is 0 Å². The Morgan fingerprint density at radius 1 is 0.731 bits per heavy atom. The molecule has 0 aromatic rings. The van der Waals surface area contributed by atoms with Crippen LogP contribution in [0.4, 0.5) is 0 Å². The number of rotatable bonds is 4. The Hall–Kier alpha value is -0.400. The Morgan fingerprint density at radius 2 is 1.23 bits per heavy atom. The zero-order valence-electron chi connectivity index (χ0n) is 15.0. The van der Waals surface area contributed by atoms with E-state index in [0.717, 1.165) is 0 Å². The maximum absolute atomic E-state index is 10.5. The highest BCUT2D eigenvalue weighted by atomic mass is 16.7. The molecule has 0 aromatic heterocycles. The van der Waals surface area contributed by atoms with Crippen molar-refractivity contribution in [1.82, 2.24) is 0 Å². The summed E-state index contributed by atoms with van der Waals surface area (Å²) < 4.78 is 16.6. The average molecular weight is 382 g/mol. The van der Waals surface area contributed by atoms with Gasteiger partial charge >= 0.3 is 0 Å². The molecule has 2 aliphatic rings. The molecule has 0 radical (unpaired) electrons. The van der Waals surface area contributed by atoms with E-state index in [-0.39, 0.29) is 0 Å². The molecule has 0 amide bonds. The predicted molar refractivity (Wildman–Crippen MR) is 85.9 cm³/mol. The molecular weight excluding hydrogens is 352 g/mol. The maximum atomic E-state index is 10.5. The second-order valence-corrected chi connectivity index (χ2v) is 7.92. The molecule has 0 bridgehead atoms. The molecule has 10 atom stereocenters. The van der Waals surface area contributed by atoms with Gasteiger partial charge in [-0.15, -0.1) is 0 Å². The second-order valence-electron chi connectivity index (χ2n) is 7.92. The molecule has 0 unspecified atom stereocenters. The van der Waals surface area contributed by atoms with Crippen LogP contribution in [0, 0.1) is 5.41 Å². The van der Waals surface area contributed by atoms with Crippen molar-refractivity contribution in [3.05, 3.63) is 0 Å². The van der Waals surface area contributed by atoms with E-state index in [4.69, 9.17) is 14.2 Å². The minimum atomic E-state index is -1.65. The van der Waals surface area contributed by atoms with Crippen molar-refractivity contribution in [2.45, 2.75) is 82.0 Å². The van der Waals surface area contributed by atoms with Crippen LogP contribution in [0.1, 0.15) is 20.8 Å². The fourth-order valence-electron chi connectivity index (χ4n) is 3.27. The Kier molecular flexibility index (Phi) is 7.00. The molecule has 0 saturated carbocycles. The van der Waals surface area contributed by atoms with E-state index >= 15 is 0 Å². The predicted octanol–water partition coefficient (Wildman–Crippen LogP) is -3.30. The van der Waals surface area contributed by atoms with Gasteiger partial charge in [-0.3, -0.25) is 0 Å². The highest BCUT2D eigenvalue weighted by Gasteiger charge is 2.52. The molecule has 2 rings (SSSR count). The minimum absolute atomic E-state index is 0.502. The molecule has 2 saturated heterocycles. The molecule has 26 heavy (non-hydrogen) atoms. The minimum Gasteiger partial charge on any atom is -0.394 e. The summed E-state index contributed by atoms with van der Waals surface area (Å²) in [7, 11) is 0. The van der Waals surface area contributed by atoms with Gasteiger partial charge in [0, 0.05) is 0 Å². The first-order chi connectivity index (χ1) is 12.0. The molecule has 10 heteroatoms. The molecule has 0 spiro atoms. The van der Waals surface area contributed by atoms with Crippen molar-refractivity contribution in [2.24, 2.45) is 5.41 Å². The van der Waals surface area contributed by atoms with Crippen molar-refractivity contribution in [3.63, 3.8) is 0 Å². The van der Waals surface area contributed by atoms with E-state index < -0.39 is 79.9 Å². The van der Waals surface area contributed by atoms with Crippen molar-refractivity contribution >= 4 is 0 Å². The monoisotopic (exact) mass is 382 g/mol. The third-order valence-corrected chi connectivity index (χ3v) is 4.86. The Morgan fingerprint density at radius 3 is 1.73 bits per heavy atom. The van der Waals surface area contributed by atoms with E-state index in [1.807, 2.05) is 0 Å². The lowest BCUT2D eigenvalue weighted by atomic mass is 9.80. The van der Waals surface area contributed by atoms with Gasteiger partial charge in [-0.1, -0.05) is 20.8 Å². The fourth-order valence-corrected chi connectivity index (χ4v) is 3.27. The Labute approximate surface area is 151 Å². The quantitative estimate of drug-likeness (QED) is 0.261. The van der Waals surface area contributed by atoms with Crippen LogP contribution in [-0.4, -0.2) is 110 Å². The second kappa shape index (κ2) is 8.31. The lowest BCUT2D eigenvalue weighted by Gasteiger charge is -2.49. The standard InChI is InChI=1S/C16H30O10/c1-16(2,3)14-13(11(22)9(20)6(4-17)24-14)26-15-12(23)10(21)8(19)7(5-18)25-15/h6-15,17-23H,4-5H2,1-3H3/t6-,7-,8-,9-,10+,11+,12+,13-,14-,15+/m1/s1. The lowest BCUT2D eigenvalue weighted by Crippen LogP contribution is -2.66. The first-order valence-electron chi connectivity index (χ1n) is 8.61. The van der Waals surface area contributed by atoms with Crippen LogP contribution in [0.2, 0.25) is 0 Å². The van der Waals surface area contributed by atoms with Gasteiger partial charge in [0.05, 0.1) is 19.3 Å². The van der Waals surface area contributed by atoms with Crippen LogP contribution in [-0.2, 0) is 14.2 Å². The molecule has 0 aliphatic carbocycles. The summed E-state index contributed by atoms with van der Waals surface area (Å²) >= 11 is 0. The van der Waals surface area contributed by atoms with Gasteiger partial charge in [0.1, 0.15) is 48.8 Å². The Balaban J connectivity index is 2.23. The fraction of sp³-hybridized carbons (Fsp3) is 1.00. The largest absolute Gasteiger partial charge is 0.394 e. The molecule has 2 fully saturated rings. The summed E-state index contributed by atoms with van der Waals surface area (Å²) in [4.78, 5) is 0. The van der Waals surface area contributed by atoms with Crippen LogP contribution >= 0.6 is 0 Å². The zero-order valence-corrected chi connectivity index (χ0v) is 15.0. The van der Waals surface area contributed by atoms with Crippen LogP contribution in [0.15, 0.2) is 0 Å². The number of aliphatic hydroxyl groups excluding tert-OH is 7. The van der Waals surface area contributed by atoms with Gasteiger partial charge < -0.3 is 50.0 Å². The molecular formula is C16H30O10. The average Bonchev–Trinajstić information content (AvgIpc) is 2.58. The number of hydrogen-bond acceptors (Lipinski definition) is 10. The molecule has 10 nitrogen and oxygen atoms in total. The van der Waals surface area contributed by atoms with Gasteiger partial charge in [0.15, 0.2) is 6.29 Å². The van der Waals surface area contributed by atoms with Crippen LogP contribution < -0.4 is 0 Å². The van der Waals surface area contributed by atoms with E-state index in [1.165, 1.54) is 0 Å². The van der Waals surface area contributed by atoms with E-state index in [9.17, 15) is 35.7 Å². The van der Waals surface area contributed by atoms with Gasteiger partial charge in [-0.2, -0.15) is 0 Å². The molecule has 2 heterocycles. The van der Waals surface area contributed by atoms with Gasteiger partial charge in [-0.25, -0.2) is 0 Å². The van der Waals surface area contributed by atoms with Crippen LogP contribution in [0.5, 0.6) is 0 Å². The maximum Gasteiger partial charge on any atom is 0.187 e. The summed E-state index contributed by atoms with van der Waals surface area (Å²) in [6.45, 7) is 4.30. The SMILES string of the molecule is CC(C)(C)[C@@H]1O[C@H](CO)[C@@H](O)[C@H](O)[C@H]1O[C@@H]1O[C@H](CO)[C@@H](O)[C@H](O)[C@@H]1O. The lowest BCUT2D eigenvalue weighted by molar-refractivity contribution is -0.347. The number of aliphatic hydroxyl groups is 7. The third-order valence-electron chi connectivity index (χ3n) is 4.86. The van der Waals surface area contributed by atoms with Crippen molar-refractivity contribution in [1.29, 1.82) is 0 Å². The van der Waals surface area contributed by atoms with Crippen LogP contribution in [0.3, 0.4) is 0 Å². The summed E-state index contributed by atoms with van der Waals surface area (Å²) in [5.41, 5.74) is -0.576. The molecule has 0 aromatic carbocycles. The molecule has 154 valence electrons. The first-order valence-corrected chi connectivity index (χ1v) is 8.61. The zero-order chi connectivity index (χ0) is 19.8. The third kappa shape index (κ3) is 4.20. The van der Waals surface area contributed by atoms with E-state index in [1.54, 1.807) is 20.8 Å². The van der Waals surface area contributed by atoms with Gasteiger partial charge in [-0.05, 0) is 5.41 Å². The number of hydrogen-bond donors (Lipinski definition) is 7. The highest BCUT2D eigenvalue weighted by Crippen LogP contribution is 2.36. The molecule has 2 aliphatic heterocycles. The van der Waals surface area contributed by atoms with E-state index in [0.29, 0.717) is 0 Å². The first kappa shape index (κ1) is 21.9. The topological polar surface area (TPSA) is 169 Å². The summed E-state index contributed by atoms with van der Waals surface area (Å²) in [6, 6.07) is 0. The van der Waals surface area contributed by atoms with Crippen molar-refractivity contribution in [3.8, 4) is 0 Å². The van der Waals surface area contributed by atoms with Crippen molar-refractivity contribution < 1.29 is 50.0 Å². The summed E-state index contributed by atoms with van der Waals surface area (Å²) in [5, 5.41) is 69.0. The van der Waals surface area contributed by atoms with Gasteiger partial charge in [0.2, 0.25) is 0 Å². The Bertz CT molecular complexity index is 453. The van der Waals surface area contributed by atoms with E-state index in [2.05, 4.69) is 0 Å². The smallest absolute Gasteiger partial charge is 0.187 e. The number of ether oxygens (including phenoxy) is 3.